The van der Waals surface area contributed by atoms with Crippen LogP contribution in [0.4, 0.5) is 0 Å². The van der Waals surface area contributed by atoms with Crippen LogP contribution in [0.3, 0.4) is 0 Å². The second-order valence-corrected chi connectivity index (χ2v) is 5.61. The Morgan fingerprint density at radius 2 is 2.00 bits per heavy atom. The van der Waals surface area contributed by atoms with E-state index in [1.54, 1.807) is 11.0 Å². The molecule has 0 aromatic heterocycles. The molecule has 1 aliphatic rings. The van der Waals surface area contributed by atoms with Crippen LogP contribution in [-0.4, -0.2) is 36.3 Å². The van der Waals surface area contributed by atoms with E-state index in [-0.39, 0.29) is 18.4 Å². The molecule has 1 saturated heterocycles. The van der Waals surface area contributed by atoms with Gasteiger partial charge in [0.2, 0.25) is 5.91 Å². The number of hydrogen-bond donors (Lipinski definition) is 1. The van der Waals surface area contributed by atoms with E-state index in [4.69, 9.17) is 0 Å². The van der Waals surface area contributed by atoms with Crippen LogP contribution in [0.5, 0.6) is 0 Å². The van der Waals surface area contributed by atoms with Gasteiger partial charge in [0.15, 0.2) is 0 Å². The first kappa shape index (κ1) is 14.1. The van der Waals surface area contributed by atoms with E-state index in [0.29, 0.717) is 5.56 Å². The van der Waals surface area contributed by atoms with Crippen molar-refractivity contribution in [3.8, 4) is 0 Å². The number of nitrogens with zero attached hydrogens (tertiary/aromatic N) is 1. The van der Waals surface area contributed by atoms with Gasteiger partial charge in [0.25, 0.3) is 5.91 Å². The molecular formula is C14H17BrN2O2. The number of rotatable bonds is 3. The summed E-state index contributed by atoms with van der Waals surface area (Å²) in [5.74, 6) is -0.228. The molecule has 1 heterocycles. The lowest BCUT2D eigenvalue weighted by molar-refractivity contribution is -0.129. The predicted molar refractivity (Wildman–Crippen MR) is 77.0 cm³/mol. The quantitative estimate of drug-likeness (QED) is 0.925. The normalized spacial score (nSPS) is 14.5. The van der Waals surface area contributed by atoms with Crippen molar-refractivity contribution in [2.75, 3.05) is 19.6 Å². The van der Waals surface area contributed by atoms with Gasteiger partial charge in [-0.3, -0.25) is 9.59 Å². The van der Waals surface area contributed by atoms with E-state index < -0.39 is 0 Å². The van der Waals surface area contributed by atoms with Crippen molar-refractivity contribution in [3.63, 3.8) is 0 Å². The van der Waals surface area contributed by atoms with E-state index >= 15 is 0 Å². The summed E-state index contributed by atoms with van der Waals surface area (Å²) in [5.41, 5.74) is 1.64. The molecule has 2 amide bonds. The molecule has 0 bridgehead atoms. The Morgan fingerprint density at radius 1 is 1.32 bits per heavy atom. The molecule has 0 radical (unpaired) electrons. The van der Waals surface area contributed by atoms with E-state index in [9.17, 15) is 9.59 Å². The molecule has 0 atom stereocenters. The number of benzene rings is 1. The Hall–Kier alpha value is -1.36. The standard InChI is InChI=1S/C14H17BrN2O2/c1-10-4-5-11(12(15)8-10)14(19)16-9-13(18)17-6-2-3-7-17/h4-5,8H,2-3,6-7,9H2,1H3,(H,16,19). The average Bonchev–Trinajstić information content (AvgIpc) is 2.89. The fraction of sp³-hybridized carbons (Fsp3) is 0.429. The van der Waals surface area contributed by atoms with E-state index in [0.717, 1.165) is 36.0 Å². The zero-order valence-corrected chi connectivity index (χ0v) is 12.5. The minimum atomic E-state index is -0.223. The largest absolute Gasteiger partial charge is 0.343 e. The third kappa shape index (κ3) is 3.56. The third-order valence-electron chi connectivity index (χ3n) is 3.23. The monoisotopic (exact) mass is 324 g/mol. The fourth-order valence-corrected chi connectivity index (χ4v) is 2.81. The van der Waals surface area contributed by atoms with Crippen molar-refractivity contribution in [1.29, 1.82) is 0 Å². The summed E-state index contributed by atoms with van der Waals surface area (Å²) in [6.07, 6.45) is 2.12. The Kier molecular flexibility index (Phi) is 4.58. The molecule has 1 aromatic rings. The van der Waals surface area contributed by atoms with Crippen molar-refractivity contribution in [3.05, 3.63) is 33.8 Å². The third-order valence-corrected chi connectivity index (χ3v) is 3.88. The first-order chi connectivity index (χ1) is 9.08. The maximum absolute atomic E-state index is 12.0. The molecule has 1 fully saturated rings. The summed E-state index contributed by atoms with van der Waals surface area (Å²) in [6.45, 7) is 3.65. The van der Waals surface area contributed by atoms with Crippen molar-refractivity contribution < 1.29 is 9.59 Å². The molecular weight excluding hydrogens is 308 g/mol. The SMILES string of the molecule is Cc1ccc(C(=O)NCC(=O)N2CCCC2)c(Br)c1. The van der Waals surface area contributed by atoms with E-state index in [1.807, 2.05) is 19.1 Å². The van der Waals surface area contributed by atoms with Crippen LogP contribution in [0, 0.1) is 6.92 Å². The van der Waals surface area contributed by atoms with Gasteiger partial charge in [-0.1, -0.05) is 6.07 Å². The second-order valence-electron chi connectivity index (χ2n) is 4.75. The number of likely N-dealkylation sites (tertiary alicyclic amines) is 1. The summed E-state index contributed by atoms with van der Waals surface area (Å²) in [7, 11) is 0. The highest BCUT2D eigenvalue weighted by Crippen LogP contribution is 2.18. The molecule has 102 valence electrons. The Labute approximate surface area is 121 Å². The molecule has 4 nitrogen and oxygen atoms in total. The van der Waals surface area contributed by atoms with Crippen molar-refractivity contribution >= 4 is 27.7 Å². The summed E-state index contributed by atoms with van der Waals surface area (Å²) in [4.78, 5) is 25.6. The smallest absolute Gasteiger partial charge is 0.252 e. The van der Waals surface area contributed by atoms with Crippen molar-refractivity contribution in [2.24, 2.45) is 0 Å². The fourth-order valence-electron chi connectivity index (χ4n) is 2.13. The van der Waals surface area contributed by atoms with Crippen LogP contribution in [0.15, 0.2) is 22.7 Å². The highest BCUT2D eigenvalue weighted by atomic mass is 79.9. The Bertz CT molecular complexity index is 496. The summed E-state index contributed by atoms with van der Waals surface area (Å²) in [5, 5.41) is 2.68. The lowest BCUT2D eigenvalue weighted by Gasteiger charge is -2.15. The second kappa shape index (κ2) is 6.19. The number of carbonyl (C=O) groups excluding carboxylic acids is 2. The van der Waals surface area contributed by atoms with Crippen molar-refractivity contribution in [2.45, 2.75) is 19.8 Å². The zero-order valence-electron chi connectivity index (χ0n) is 10.9. The molecule has 0 aliphatic carbocycles. The number of carbonyl (C=O) groups is 2. The van der Waals surface area contributed by atoms with E-state index in [2.05, 4.69) is 21.2 Å². The predicted octanol–water partition coefficient (Wildman–Crippen LogP) is 2.11. The van der Waals surface area contributed by atoms with Crippen LogP contribution in [0.2, 0.25) is 0 Å². The van der Waals surface area contributed by atoms with Gasteiger partial charge in [0.05, 0.1) is 12.1 Å². The maximum atomic E-state index is 12.0. The summed E-state index contributed by atoms with van der Waals surface area (Å²) in [6, 6.07) is 5.52. The molecule has 0 saturated carbocycles. The Morgan fingerprint density at radius 3 is 2.63 bits per heavy atom. The first-order valence-corrected chi connectivity index (χ1v) is 7.19. The molecule has 0 spiro atoms. The minimum Gasteiger partial charge on any atom is -0.343 e. The number of halogens is 1. The van der Waals surface area contributed by atoms with Gasteiger partial charge in [0, 0.05) is 17.6 Å². The molecule has 2 rings (SSSR count). The van der Waals surface area contributed by atoms with Crippen molar-refractivity contribution in [1.82, 2.24) is 10.2 Å². The summed E-state index contributed by atoms with van der Waals surface area (Å²) >= 11 is 3.36. The number of nitrogens with one attached hydrogen (secondary N) is 1. The van der Waals surface area contributed by atoms with Gasteiger partial charge in [-0.2, -0.15) is 0 Å². The number of amides is 2. The number of hydrogen-bond acceptors (Lipinski definition) is 2. The Balaban J connectivity index is 1.92. The van der Waals surface area contributed by atoms with Crippen LogP contribution in [0.1, 0.15) is 28.8 Å². The molecule has 0 unspecified atom stereocenters. The zero-order chi connectivity index (χ0) is 13.8. The van der Waals surface area contributed by atoms with Gasteiger partial charge in [-0.05, 0) is 53.4 Å². The number of aryl methyl sites for hydroxylation is 1. The van der Waals surface area contributed by atoms with Crippen LogP contribution in [0.25, 0.3) is 0 Å². The van der Waals surface area contributed by atoms with Gasteiger partial charge >= 0.3 is 0 Å². The maximum Gasteiger partial charge on any atom is 0.252 e. The highest BCUT2D eigenvalue weighted by molar-refractivity contribution is 9.10. The van der Waals surface area contributed by atoms with Gasteiger partial charge in [-0.25, -0.2) is 0 Å². The molecule has 1 N–H and O–H groups in total. The van der Waals surface area contributed by atoms with Gasteiger partial charge < -0.3 is 10.2 Å². The van der Waals surface area contributed by atoms with Gasteiger partial charge in [-0.15, -0.1) is 0 Å². The topological polar surface area (TPSA) is 49.4 Å². The van der Waals surface area contributed by atoms with Gasteiger partial charge in [0.1, 0.15) is 0 Å². The lowest BCUT2D eigenvalue weighted by Crippen LogP contribution is -2.38. The minimum absolute atomic E-state index is 0.00548. The highest BCUT2D eigenvalue weighted by Gasteiger charge is 2.18. The summed E-state index contributed by atoms with van der Waals surface area (Å²) < 4.78 is 0.749. The average molecular weight is 325 g/mol. The lowest BCUT2D eigenvalue weighted by atomic mass is 10.1. The van der Waals surface area contributed by atoms with Crippen LogP contribution < -0.4 is 5.32 Å². The molecule has 1 aromatic carbocycles. The molecule has 19 heavy (non-hydrogen) atoms. The molecule has 5 heteroatoms. The van der Waals surface area contributed by atoms with Crippen LogP contribution >= 0.6 is 15.9 Å². The first-order valence-electron chi connectivity index (χ1n) is 6.40. The van der Waals surface area contributed by atoms with E-state index in [1.165, 1.54) is 0 Å². The molecule has 1 aliphatic heterocycles. The van der Waals surface area contributed by atoms with Crippen LogP contribution in [-0.2, 0) is 4.79 Å².